The van der Waals surface area contributed by atoms with Crippen LogP contribution in [-0.2, 0) is 13.6 Å². The van der Waals surface area contributed by atoms with E-state index in [9.17, 15) is 14.7 Å². The number of hydrogen-bond acceptors (Lipinski definition) is 6. The van der Waals surface area contributed by atoms with Crippen molar-refractivity contribution in [2.24, 2.45) is 7.05 Å². The van der Waals surface area contributed by atoms with Crippen molar-refractivity contribution < 1.29 is 9.84 Å². The van der Waals surface area contributed by atoms with E-state index in [1.54, 1.807) is 11.6 Å². The van der Waals surface area contributed by atoms with Gasteiger partial charge in [0.15, 0.2) is 11.2 Å². The summed E-state index contributed by atoms with van der Waals surface area (Å²) in [6.45, 7) is 7.03. The summed E-state index contributed by atoms with van der Waals surface area (Å²) in [4.78, 5) is 31.4. The third-order valence-corrected chi connectivity index (χ3v) is 5.63. The predicted molar refractivity (Wildman–Crippen MR) is 126 cm³/mol. The number of unbranched alkanes of at least 4 members (excludes halogenated alkanes) is 3. The molecule has 3 rings (SSSR count). The van der Waals surface area contributed by atoms with Gasteiger partial charge >= 0.3 is 5.69 Å². The molecule has 32 heavy (non-hydrogen) atoms. The molecule has 0 bridgehead atoms. The number of nitrogens with one attached hydrogen (secondary N) is 2. The average molecular weight is 444 g/mol. The van der Waals surface area contributed by atoms with Gasteiger partial charge in [-0.3, -0.25) is 14.3 Å². The summed E-state index contributed by atoms with van der Waals surface area (Å²) in [6.07, 6.45) is 3.47. The number of fused-ring (bicyclic) bond motifs is 1. The molecule has 0 aliphatic rings. The fourth-order valence-electron chi connectivity index (χ4n) is 3.56. The van der Waals surface area contributed by atoms with Gasteiger partial charge in [0.1, 0.15) is 18.5 Å². The lowest BCUT2D eigenvalue weighted by Crippen LogP contribution is -2.31. The molecule has 1 aromatic carbocycles. The number of hydrogen-bond donors (Lipinski definition) is 3. The van der Waals surface area contributed by atoms with Crippen molar-refractivity contribution in [2.75, 3.05) is 18.5 Å². The van der Waals surface area contributed by atoms with Gasteiger partial charge in [-0.25, -0.2) is 4.79 Å². The minimum absolute atomic E-state index is 0.0573. The number of ether oxygens (including phenoxy) is 1. The topological polar surface area (TPSA) is 114 Å². The Morgan fingerprint density at radius 3 is 2.69 bits per heavy atom. The number of aromatic nitrogens is 4. The number of H-pyrrole nitrogens is 1. The first kappa shape index (κ1) is 23.6. The molecule has 1 unspecified atom stereocenters. The van der Waals surface area contributed by atoms with Crippen LogP contribution in [0.2, 0.25) is 0 Å². The summed E-state index contributed by atoms with van der Waals surface area (Å²) in [7, 11) is 1.56. The van der Waals surface area contributed by atoms with Crippen molar-refractivity contribution in [1.29, 1.82) is 0 Å². The molecule has 0 aliphatic carbocycles. The summed E-state index contributed by atoms with van der Waals surface area (Å²) >= 11 is 0. The van der Waals surface area contributed by atoms with Crippen molar-refractivity contribution in [3.8, 4) is 5.75 Å². The van der Waals surface area contributed by atoms with E-state index in [2.05, 4.69) is 22.2 Å². The maximum Gasteiger partial charge on any atom is 0.329 e. The zero-order valence-corrected chi connectivity index (χ0v) is 19.3. The fourth-order valence-corrected chi connectivity index (χ4v) is 3.56. The van der Waals surface area contributed by atoms with Gasteiger partial charge in [0.2, 0.25) is 5.95 Å². The van der Waals surface area contributed by atoms with Crippen molar-refractivity contribution in [3.63, 3.8) is 0 Å². The predicted octanol–water partition coefficient (Wildman–Crippen LogP) is 2.47. The van der Waals surface area contributed by atoms with Crippen LogP contribution in [0.15, 0.2) is 27.8 Å². The van der Waals surface area contributed by atoms with Crippen LogP contribution in [0.4, 0.5) is 5.95 Å². The minimum atomic E-state index is -0.883. The van der Waals surface area contributed by atoms with E-state index in [0.717, 1.165) is 31.2 Å². The number of aliphatic hydroxyl groups is 1. The molecular formula is C23H33N5O4. The van der Waals surface area contributed by atoms with E-state index in [1.807, 2.05) is 32.0 Å². The highest BCUT2D eigenvalue weighted by Gasteiger charge is 2.20. The van der Waals surface area contributed by atoms with Crippen LogP contribution >= 0.6 is 0 Å². The number of aryl methyl sites for hydroxylation is 3. The Labute approximate surface area is 187 Å². The van der Waals surface area contributed by atoms with Crippen LogP contribution in [0.3, 0.4) is 0 Å². The first-order valence-corrected chi connectivity index (χ1v) is 11.1. The molecule has 174 valence electrons. The van der Waals surface area contributed by atoms with Gasteiger partial charge in [0.25, 0.3) is 5.56 Å². The lowest BCUT2D eigenvalue weighted by atomic mass is 10.1. The maximum atomic E-state index is 12.6. The first-order valence-electron chi connectivity index (χ1n) is 11.1. The molecule has 9 heteroatoms. The smallest absolute Gasteiger partial charge is 0.329 e. The Morgan fingerprint density at radius 2 is 1.97 bits per heavy atom. The molecule has 0 radical (unpaired) electrons. The standard InChI is InChI=1S/C23H33N5O4/c1-5-6-7-8-11-24-22-25-20-19(21(30)26-23(31)27(20)4)28(22)13-17(29)14-32-18-10-9-15(2)16(3)12-18/h9-10,12,17,29H,5-8,11,13-14H2,1-4H3,(H,24,25)(H,26,30,31). The molecule has 1 atom stereocenters. The van der Waals surface area contributed by atoms with E-state index >= 15 is 0 Å². The van der Waals surface area contributed by atoms with E-state index in [0.29, 0.717) is 18.2 Å². The minimum Gasteiger partial charge on any atom is -0.491 e. The van der Waals surface area contributed by atoms with E-state index < -0.39 is 17.4 Å². The summed E-state index contributed by atoms with van der Waals surface area (Å²) in [5.74, 6) is 1.13. The van der Waals surface area contributed by atoms with Crippen molar-refractivity contribution in [3.05, 3.63) is 50.2 Å². The van der Waals surface area contributed by atoms with Crippen LogP contribution < -0.4 is 21.3 Å². The van der Waals surface area contributed by atoms with Crippen molar-refractivity contribution in [2.45, 2.75) is 59.1 Å². The van der Waals surface area contributed by atoms with Crippen LogP contribution in [0.1, 0.15) is 43.7 Å². The maximum absolute atomic E-state index is 12.6. The Morgan fingerprint density at radius 1 is 1.19 bits per heavy atom. The third kappa shape index (κ3) is 5.40. The molecule has 0 spiro atoms. The number of aromatic amines is 1. The SMILES string of the molecule is CCCCCCNc1nc2c(c(=O)[nH]c(=O)n2C)n1CC(O)COc1ccc(C)c(C)c1. The van der Waals surface area contributed by atoms with Gasteiger partial charge in [0.05, 0.1) is 6.54 Å². The Kier molecular flexibility index (Phi) is 7.74. The molecule has 0 saturated heterocycles. The number of nitrogens with zero attached hydrogens (tertiary/aromatic N) is 3. The fraction of sp³-hybridized carbons (Fsp3) is 0.522. The van der Waals surface area contributed by atoms with Gasteiger partial charge < -0.3 is 19.7 Å². The van der Waals surface area contributed by atoms with E-state index in [1.165, 1.54) is 10.1 Å². The number of benzene rings is 1. The molecule has 3 N–H and O–H groups in total. The second kappa shape index (κ2) is 10.5. The number of imidazole rings is 1. The van der Waals surface area contributed by atoms with Crippen LogP contribution in [-0.4, -0.2) is 43.5 Å². The Balaban J connectivity index is 1.81. The van der Waals surface area contributed by atoms with Crippen LogP contribution in [0.25, 0.3) is 11.2 Å². The summed E-state index contributed by atoms with van der Waals surface area (Å²) in [5.41, 5.74) is 1.74. The van der Waals surface area contributed by atoms with E-state index in [4.69, 9.17) is 4.74 Å². The van der Waals surface area contributed by atoms with Crippen LogP contribution in [0, 0.1) is 13.8 Å². The molecule has 0 amide bonds. The van der Waals surface area contributed by atoms with Gasteiger partial charge in [-0.2, -0.15) is 4.98 Å². The lowest BCUT2D eigenvalue weighted by molar-refractivity contribution is 0.0938. The highest BCUT2D eigenvalue weighted by Crippen LogP contribution is 2.19. The van der Waals surface area contributed by atoms with Crippen molar-refractivity contribution in [1.82, 2.24) is 19.1 Å². The second-order valence-electron chi connectivity index (χ2n) is 8.23. The third-order valence-electron chi connectivity index (χ3n) is 5.63. The number of aliphatic hydroxyl groups excluding tert-OH is 1. The molecular weight excluding hydrogens is 410 g/mol. The summed E-state index contributed by atoms with van der Waals surface area (Å²) in [6, 6.07) is 5.77. The molecule has 2 aromatic heterocycles. The zero-order chi connectivity index (χ0) is 23.3. The highest BCUT2D eigenvalue weighted by molar-refractivity contribution is 5.74. The molecule has 2 heterocycles. The largest absolute Gasteiger partial charge is 0.491 e. The monoisotopic (exact) mass is 443 g/mol. The number of rotatable bonds is 11. The van der Waals surface area contributed by atoms with Gasteiger partial charge in [-0.1, -0.05) is 32.3 Å². The molecule has 0 aliphatic heterocycles. The quantitative estimate of drug-likeness (QED) is 0.392. The highest BCUT2D eigenvalue weighted by atomic mass is 16.5. The van der Waals surface area contributed by atoms with Gasteiger partial charge in [0, 0.05) is 13.6 Å². The first-order chi connectivity index (χ1) is 15.3. The average Bonchev–Trinajstić information content (AvgIpc) is 3.11. The molecule has 0 saturated carbocycles. The Bertz CT molecular complexity index is 1180. The van der Waals surface area contributed by atoms with Crippen molar-refractivity contribution >= 4 is 17.1 Å². The molecule has 9 nitrogen and oxygen atoms in total. The number of anilines is 1. The normalized spacial score (nSPS) is 12.3. The Hall–Kier alpha value is -3.07. The molecule has 0 fully saturated rings. The molecule has 3 aromatic rings. The van der Waals surface area contributed by atoms with Gasteiger partial charge in [-0.15, -0.1) is 0 Å². The van der Waals surface area contributed by atoms with Crippen LogP contribution in [0.5, 0.6) is 5.75 Å². The zero-order valence-electron chi connectivity index (χ0n) is 19.3. The van der Waals surface area contributed by atoms with E-state index in [-0.39, 0.29) is 24.3 Å². The summed E-state index contributed by atoms with van der Waals surface area (Å²) < 4.78 is 8.68. The second-order valence-corrected chi connectivity index (χ2v) is 8.23. The van der Waals surface area contributed by atoms with Gasteiger partial charge in [-0.05, 0) is 43.5 Å². The summed E-state index contributed by atoms with van der Waals surface area (Å²) in [5, 5.41) is 13.9. The lowest BCUT2D eigenvalue weighted by Gasteiger charge is -2.16.